The zero-order valence-corrected chi connectivity index (χ0v) is 16.4. The molecule has 0 unspecified atom stereocenters. The van der Waals surface area contributed by atoms with Crippen molar-refractivity contribution in [2.75, 3.05) is 0 Å². The SMILES string of the molecule is Cc1ccc(C(C)(C)C#N)cc1.Cc1ccc(CC#N)cc1.O=C=O.O=C=O. The Morgan fingerprint density at radius 1 is 0.750 bits per heavy atom. The van der Waals surface area contributed by atoms with Gasteiger partial charge in [-0.25, -0.2) is 0 Å². The minimum atomic E-state index is -0.367. The van der Waals surface area contributed by atoms with Crippen molar-refractivity contribution in [3.8, 4) is 12.1 Å². The lowest BCUT2D eigenvalue weighted by atomic mass is 9.86. The molecule has 2 aromatic rings. The van der Waals surface area contributed by atoms with E-state index in [1.54, 1.807) is 0 Å². The Hall–Kier alpha value is -3.82. The smallest absolute Gasteiger partial charge is 0.198 e. The first-order valence-corrected chi connectivity index (χ1v) is 8.11. The Labute approximate surface area is 165 Å². The zero-order chi connectivity index (χ0) is 22.0. The highest BCUT2D eigenvalue weighted by Gasteiger charge is 2.18. The number of nitrogens with zero attached hydrogens (tertiary/aromatic N) is 2. The molecule has 2 aromatic carbocycles. The summed E-state index contributed by atoms with van der Waals surface area (Å²) in [6.07, 6.45) is 1.01. The monoisotopic (exact) mass is 378 g/mol. The summed E-state index contributed by atoms with van der Waals surface area (Å²) in [5, 5.41) is 17.2. The summed E-state index contributed by atoms with van der Waals surface area (Å²) in [4.78, 5) is 32.5. The second-order valence-corrected chi connectivity index (χ2v) is 6.09. The van der Waals surface area contributed by atoms with Gasteiger partial charge in [-0.1, -0.05) is 59.7 Å². The van der Waals surface area contributed by atoms with Crippen molar-refractivity contribution in [1.82, 2.24) is 0 Å². The Morgan fingerprint density at radius 2 is 1.11 bits per heavy atom. The molecule has 6 heteroatoms. The predicted molar refractivity (Wildman–Crippen MR) is 100 cm³/mol. The summed E-state index contributed by atoms with van der Waals surface area (Å²) in [7, 11) is 0. The third-order valence-corrected chi connectivity index (χ3v) is 3.46. The summed E-state index contributed by atoms with van der Waals surface area (Å²) in [5.41, 5.74) is 4.27. The van der Waals surface area contributed by atoms with E-state index >= 15 is 0 Å². The molecule has 0 bridgehead atoms. The molecule has 0 aliphatic rings. The molecule has 0 N–H and O–H groups in total. The van der Waals surface area contributed by atoms with Gasteiger partial charge in [-0.3, -0.25) is 0 Å². The Bertz CT molecular complexity index is 831. The van der Waals surface area contributed by atoms with Crippen molar-refractivity contribution in [2.45, 2.75) is 39.5 Å². The van der Waals surface area contributed by atoms with Crippen LogP contribution in [0.1, 0.15) is 36.1 Å². The van der Waals surface area contributed by atoms with Gasteiger partial charge in [-0.05, 0) is 38.8 Å². The van der Waals surface area contributed by atoms with E-state index in [1.807, 2.05) is 76.2 Å². The molecule has 0 atom stereocenters. The number of benzene rings is 2. The molecular weight excluding hydrogens is 356 g/mol. The van der Waals surface area contributed by atoms with Crippen LogP contribution in [0.15, 0.2) is 48.5 Å². The van der Waals surface area contributed by atoms with Gasteiger partial charge >= 0.3 is 12.3 Å². The van der Waals surface area contributed by atoms with Crippen LogP contribution in [0.3, 0.4) is 0 Å². The molecule has 0 aliphatic carbocycles. The first-order valence-electron chi connectivity index (χ1n) is 8.11. The zero-order valence-electron chi connectivity index (χ0n) is 16.4. The lowest BCUT2D eigenvalue weighted by Gasteiger charge is -2.15. The number of carbonyl (C=O) groups excluding carboxylic acids is 4. The van der Waals surface area contributed by atoms with Gasteiger partial charge in [-0.15, -0.1) is 0 Å². The van der Waals surface area contributed by atoms with Crippen molar-refractivity contribution in [2.24, 2.45) is 0 Å². The summed E-state index contributed by atoms with van der Waals surface area (Å²) < 4.78 is 0. The van der Waals surface area contributed by atoms with Crippen molar-refractivity contribution >= 4 is 12.3 Å². The summed E-state index contributed by atoms with van der Waals surface area (Å²) in [6, 6.07) is 20.5. The standard InChI is InChI=1S/C11H13N.C9H9N.2CO2/c1-9-4-6-10(7-5-9)11(2,3)8-12;1-8-2-4-9(5-3-8)6-7-10;2*2-1-3/h4-7H,1-3H3;2-5H,6H2,1H3;;. The van der Waals surface area contributed by atoms with Crippen molar-refractivity contribution in [1.29, 1.82) is 10.5 Å². The van der Waals surface area contributed by atoms with Gasteiger partial charge in [0.15, 0.2) is 0 Å². The second kappa shape index (κ2) is 15.4. The Kier molecular flexibility index (Phi) is 14.6. The molecule has 0 fully saturated rings. The maximum absolute atomic E-state index is 8.87. The molecule has 0 radical (unpaired) electrons. The van der Waals surface area contributed by atoms with Crippen LogP contribution in [-0.4, -0.2) is 12.3 Å². The van der Waals surface area contributed by atoms with E-state index in [2.05, 4.69) is 12.1 Å². The third-order valence-electron chi connectivity index (χ3n) is 3.46. The van der Waals surface area contributed by atoms with Crippen LogP contribution in [-0.2, 0) is 31.0 Å². The van der Waals surface area contributed by atoms with Crippen molar-refractivity contribution < 1.29 is 19.2 Å². The number of nitriles is 2. The second-order valence-electron chi connectivity index (χ2n) is 6.09. The molecule has 6 nitrogen and oxygen atoms in total. The minimum Gasteiger partial charge on any atom is -0.198 e. The lowest BCUT2D eigenvalue weighted by Crippen LogP contribution is -2.13. The van der Waals surface area contributed by atoms with Crippen LogP contribution in [0.5, 0.6) is 0 Å². The van der Waals surface area contributed by atoms with Crippen LogP contribution in [0, 0.1) is 36.5 Å². The van der Waals surface area contributed by atoms with E-state index in [-0.39, 0.29) is 17.7 Å². The normalized spacial score (nSPS) is 8.36. The van der Waals surface area contributed by atoms with Gasteiger partial charge in [0.05, 0.1) is 24.0 Å². The molecule has 0 amide bonds. The lowest BCUT2D eigenvalue weighted by molar-refractivity contribution is -0.193. The van der Waals surface area contributed by atoms with Gasteiger partial charge in [0.2, 0.25) is 0 Å². The van der Waals surface area contributed by atoms with Crippen LogP contribution in [0.4, 0.5) is 0 Å². The average Bonchev–Trinajstić information content (AvgIpc) is 2.66. The quantitative estimate of drug-likeness (QED) is 0.787. The molecule has 0 spiro atoms. The highest BCUT2D eigenvalue weighted by Crippen LogP contribution is 2.21. The number of aryl methyl sites for hydroxylation is 2. The van der Waals surface area contributed by atoms with E-state index < -0.39 is 0 Å². The fraction of sp³-hybridized carbons (Fsp3) is 0.273. The summed E-state index contributed by atoms with van der Waals surface area (Å²) in [6.45, 7) is 7.94. The van der Waals surface area contributed by atoms with E-state index in [1.165, 1.54) is 11.1 Å². The molecule has 144 valence electrons. The van der Waals surface area contributed by atoms with Gasteiger partial charge < -0.3 is 0 Å². The van der Waals surface area contributed by atoms with Crippen LogP contribution < -0.4 is 0 Å². The highest BCUT2D eigenvalue weighted by molar-refractivity contribution is 5.32. The molecule has 2 rings (SSSR count). The molecule has 0 aromatic heterocycles. The minimum absolute atomic E-state index is 0.250. The first kappa shape index (κ1) is 26.4. The topological polar surface area (TPSA) is 116 Å². The fourth-order valence-electron chi connectivity index (χ4n) is 1.83. The number of rotatable bonds is 2. The highest BCUT2D eigenvalue weighted by atomic mass is 16.2. The largest absolute Gasteiger partial charge is 0.373 e. The summed E-state index contributed by atoms with van der Waals surface area (Å²) in [5.74, 6) is 0. The van der Waals surface area contributed by atoms with E-state index in [0.717, 1.165) is 11.1 Å². The molecule has 0 saturated heterocycles. The molecule has 0 saturated carbocycles. The van der Waals surface area contributed by atoms with E-state index in [0.29, 0.717) is 6.42 Å². The number of hydrogen-bond acceptors (Lipinski definition) is 6. The van der Waals surface area contributed by atoms with Crippen molar-refractivity contribution in [3.63, 3.8) is 0 Å². The Morgan fingerprint density at radius 3 is 1.43 bits per heavy atom. The maximum atomic E-state index is 8.87. The summed E-state index contributed by atoms with van der Waals surface area (Å²) >= 11 is 0. The van der Waals surface area contributed by atoms with Crippen LogP contribution in [0.25, 0.3) is 0 Å². The van der Waals surface area contributed by atoms with Crippen LogP contribution >= 0.6 is 0 Å². The maximum Gasteiger partial charge on any atom is 0.373 e. The first-order chi connectivity index (χ1) is 13.2. The fourth-order valence-corrected chi connectivity index (χ4v) is 1.83. The van der Waals surface area contributed by atoms with Gasteiger partial charge in [-0.2, -0.15) is 29.7 Å². The predicted octanol–water partition coefficient (Wildman–Crippen LogP) is 3.69. The Balaban J connectivity index is 0. The molecule has 0 heterocycles. The van der Waals surface area contributed by atoms with Gasteiger partial charge in [0, 0.05) is 0 Å². The molecule has 0 aliphatic heterocycles. The van der Waals surface area contributed by atoms with E-state index in [4.69, 9.17) is 29.7 Å². The number of hydrogen-bond donors (Lipinski definition) is 0. The molecular formula is C22H22N2O4. The van der Waals surface area contributed by atoms with E-state index in [9.17, 15) is 0 Å². The van der Waals surface area contributed by atoms with Crippen LogP contribution in [0.2, 0.25) is 0 Å². The average molecular weight is 378 g/mol. The van der Waals surface area contributed by atoms with Gasteiger partial charge in [0.25, 0.3) is 0 Å². The van der Waals surface area contributed by atoms with Gasteiger partial charge in [0.1, 0.15) is 0 Å². The molecule has 28 heavy (non-hydrogen) atoms. The third kappa shape index (κ3) is 12.5. The van der Waals surface area contributed by atoms with Crippen molar-refractivity contribution in [3.05, 3.63) is 70.8 Å².